The number of rotatable bonds is 29. The van der Waals surface area contributed by atoms with Crippen molar-refractivity contribution in [2.24, 2.45) is 5.41 Å². The third-order valence-electron chi connectivity index (χ3n) is 8.59. The Bertz CT molecular complexity index is 365. The zero-order valence-electron chi connectivity index (χ0n) is 26.3. The first-order chi connectivity index (χ1) is 17.2. The van der Waals surface area contributed by atoms with Gasteiger partial charge in [0.25, 0.3) is 0 Å². The molecule has 0 aliphatic heterocycles. The fraction of sp³-hybridized carbons (Fsp3) is 1.00. The first-order valence-corrected chi connectivity index (χ1v) is 16.8. The van der Waals surface area contributed by atoms with Crippen molar-refractivity contribution in [2.45, 2.75) is 214 Å². The van der Waals surface area contributed by atoms with Crippen LogP contribution in [0, 0.1) is 5.41 Å². The van der Waals surface area contributed by atoms with E-state index in [2.05, 4.69) is 27.7 Å². The molecule has 0 bridgehead atoms. The maximum absolute atomic E-state index is 13.8. The summed E-state index contributed by atoms with van der Waals surface area (Å²) in [4.78, 5) is 0. The van der Waals surface area contributed by atoms with Gasteiger partial charge >= 0.3 is 0 Å². The van der Waals surface area contributed by atoms with Crippen molar-refractivity contribution in [3.8, 4) is 0 Å². The lowest BCUT2D eigenvalue weighted by Crippen LogP contribution is -2.44. The smallest absolute Gasteiger partial charge is 0.0422 e. The lowest BCUT2D eigenvalue weighted by molar-refractivity contribution is -0.452. The summed E-state index contributed by atoms with van der Waals surface area (Å²) in [7, 11) is 0. The van der Waals surface area contributed by atoms with E-state index >= 15 is 0 Å². The summed E-state index contributed by atoms with van der Waals surface area (Å²) in [5.74, 6) is 0. The van der Waals surface area contributed by atoms with Gasteiger partial charge in [0.1, 0.15) is 0 Å². The van der Waals surface area contributed by atoms with Gasteiger partial charge in [0.2, 0.25) is 0 Å². The largest absolute Gasteiger partial charge is 0.852 e. The molecule has 0 spiro atoms. The Labute approximate surface area is 230 Å². The van der Waals surface area contributed by atoms with Gasteiger partial charge in [-0.1, -0.05) is 188 Å². The number of quaternary nitrogens is 1. The van der Waals surface area contributed by atoms with Gasteiger partial charge in [-0.25, -0.2) is 0 Å². The van der Waals surface area contributed by atoms with Crippen molar-refractivity contribution in [3.05, 3.63) is 0 Å². The van der Waals surface area contributed by atoms with Crippen LogP contribution in [-0.4, -0.2) is 6.10 Å². The Hall–Kier alpha value is -0.0800. The molecule has 220 valence electrons. The normalized spacial score (nSPS) is 12.6. The van der Waals surface area contributed by atoms with Gasteiger partial charge in [0.05, 0.1) is 0 Å². The molecule has 0 amide bonds. The van der Waals surface area contributed by atoms with E-state index in [1.54, 1.807) is 0 Å². The fourth-order valence-electron chi connectivity index (χ4n) is 6.05. The molecule has 0 fully saturated rings. The zero-order chi connectivity index (χ0) is 25.9. The topological polar surface area (TPSA) is 59.6 Å². The minimum atomic E-state index is -0.324. The summed E-state index contributed by atoms with van der Waals surface area (Å²) >= 11 is 0. The van der Waals surface area contributed by atoms with Crippen molar-refractivity contribution in [3.63, 3.8) is 0 Å². The van der Waals surface area contributed by atoms with E-state index in [4.69, 9.17) is 0 Å². The summed E-state index contributed by atoms with van der Waals surface area (Å²) in [5.41, 5.74) is 0.0903. The van der Waals surface area contributed by atoms with Gasteiger partial charge in [-0.05, 0) is 24.7 Å². The van der Waals surface area contributed by atoms with Crippen LogP contribution in [0.25, 0.3) is 0 Å². The quantitative estimate of drug-likeness (QED) is 0.0997. The van der Waals surface area contributed by atoms with Crippen molar-refractivity contribution < 1.29 is 5.11 Å². The molecular weight excluding hydrogens is 438 g/mol. The van der Waals surface area contributed by atoms with E-state index in [0.717, 1.165) is 6.42 Å². The summed E-state index contributed by atoms with van der Waals surface area (Å²) in [5, 5.41) is 13.8. The van der Waals surface area contributed by atoms with Crippen LogP contribution in [0.4, 0.5) is 0 Å². The average molecular weight is 512 g/mol. The fourth-order valence-corrected chi connectivity index (χ4v) is 6.05. The molecule has 0 aromatic rings. The van der Waals surface area contributed by atoms with Gasteiger partial charge in [-0.15, -0.1) is 6.10 Å². The third kappa shape index (κ3) is 22.0. The highest BCUT2D eigenvalue weighted by Crippen LogP contribution is 2.41. The number of hydrogen-bond donors (Lipinski definition) is 1. The SMILES string of the molecule is CCCCCCCCCCCCCCC([O-])C(CCCCCC)(CCCCCC)CCCCCC.[NH4+]. The predicted molar refractivity (Wildman–Crippen MR) is 164 cm³/mol. The number of unbranched alkanes of at least 4 members (excludes halogenated alkanes) is 20. The first-order valence-electron chi connectivity index (χ1n) is 16.8. The van der Waals surface area contributed by atoms with Crippen LogP contribution < -0.4 is 11.3 Å². The molecule has 1 atom stereocenters. The molecule has 0 aliphatic rings. The highest BCUT2D eigenvalue weighted by Gasteiger charge is 2.30. The maximum atomic E-state index is 13.8. The highest BCUT2D eigenvalue weighted by atomic mass is 16.3. The first kappa shape index (κ1) is 38.1. The molecule has 0 saturated heterocycles. The van der Waals surface area contributed by atoms with Gasteiger partial charge in [-0.2, -0.15) is 0 Å². The maximum Gasteiger partial charge on any atom is -0.0422 e. The van der Waals surface area contributed by atoms with E-state index in [1.807, 2.05) is 0 Å². The summed E-state index contributed by atoms with van der Waals surface area (Å²) in [6.07, 6.45) is 36.5. The molecule has 0 heterocycles. The van der Waals surface area contributed by atoms with Gasteiger partial charge < -0.3 is 11.3 Å². The monoisotopic (exact) mass is 512 g/mol. The lowest BCUT2D eigenvalue weighted by atomic mass is 9.68. The molecule has 0 aromatic carbocycles. The summed E-state index contributed by atoms with van der Waals surface area (Å²) in [6, 6.07) is 0. The van der Waals surface area contributed by atoms with Crippen molar-refractivity contribution >= 4 is 0 Å². The summed E-state index contributed by atoms with van der Waals surface area (Å²) in [6.45, 7) is 9.19. The second-order valence-electron chi connectivity index (χ2n) is 12.0. The zero-order valence-corrected chi connectivity index (χ0v) is 26.3. The molecule has 4 N–H and O–H groups in total. The van der Waals surface area contributed by atoms with Crippen LogP contribution in [0.5, 0.6) is 0 Å². The van der Waals surface area contributed by atoms with Gasteiger partial charge in [-0.3, -0.25) is 0 Å². The second kappa shape index (κ2) is 29.5. The summed E-state index contributed by atoms with van der Waals surface area (Å²) < 4.78 is 0. The van der Waals surface area contributed by atoms with Gasteiger partial charge in [0.15, 0.2) is 0 Å². The minimum Gasteiger partial charge on any atom is -0.852 e. The molecule has 0 radical (unpaired) electrons. The molecule has 0 saturated carbocycles. The van der Waals surface area contributed by atoms with Gasteiger partial charge in [0, 0.05) is 0 Å². The van der Waals surface area contributed by atoms with Crippen LogP contribution in [-0.2, 0) is 0 Å². The average Bonchev–Trinajstić information content (AvgIpc) is 2.87. The standard InChI is InChI=1S/C34H69O.H3N/c1-5-9-13-17-18-19-20-21-22-23-24-25-29-33(35)34(30-26-14-10-6-2,31-27-15-11-7-3)32-28-16-12-8-4;/h33H,5-32H2,1-4H3;1H3/q-1;/p+1. The Kier molecular flexibility index (Phi) is 31.2. The second-order valence-corrected chi connectivity index (χ2v) is 12.0. The van der Waals surface area contributed by atoms with E-state index in [9.17, 15) is 5.11 Å². The molecule has 1 unspecified atom stereocenters. The Balaban J connectivity index is 0. The van der Waals surface area contributed by atoms with Crippen molar-refractivity contribution in [1.29, 1.82) is 0 Å². The molecule has 2 heteroatoms. The van der Waals surface area contributed by atoms with Crippen molar-refractivity contribution in [2.75, 3.05) is 0 Å². The third-order valence-corrected chi connectivity index (χ3v) is 8.59. The van der Waals surface area contributed by atoms with Crippen LogP contribution in [0.1, 0.15) is 207 Å². The van der Waals surface area contributed by atoms with Crippen LogP contribution in [0.3, 0.4) is 0 Å². The Morgan fingerprint density at radius 2 is 0.639 bits per heavy atom. The van der Waals surface area contributed by atoms with E-state index < -0.39 is 0 Å². The molecule has 36 heavy (non-hydrogen) atoms. The van der Waals surface area contributed by atoms with Crippen molar-refractivity contribution in [1.82, 2.24) is 6.15 Å². The molecule has 2 nitrogen and oxygen atoms in total. The molecule has 0 aromatic heterocycles. The van der Waals surface area contributed by atoms with E-state index in [1.165, 1.54) is 173 Å². The lowest BCUT2D eigenvalue weighted by Gasteiger charge is -2.47. The molecule has 0 aliphatic carbocycles. The highest BCUT2D eigenvalue weighted by molar-refractivity contribution is 4.86. The van der Waals surface area contributed by atoms with Crippen LogP contribution >= 0.6 is 0 Å². The Morgan fingerprint density at radius 1 is 0.389 bits per heavy atom. The molecular formula is C34H73NO. The minimum absolute atomic E-state index is 0. The van der Waals surface area contributed by atoms with Crippen LogP contribution in [0.2, 0.25) is 0 Å². The predicted octanol–water partition coefficient (Wildman–Crippen LogP) is 12.1. The van der Waals surface area contributed by atoms with Crippen LogP contribution in [0.15, 0.2) is 0 Å². The molecule has 0 rings (SSSR count). The number of hydrogen-bond acceptors (Lipinski definition) is 1. The van der Waals surface area contributed by atoms with E-state index in [0.29, 0.717) is 0 Å². The Morgan fingerprint density at radius 3 is 0.944 bits per heavy atom. The van der Waals surface area contributed by atoms with E-state index in [-0.39, 0.29) is 17.7 Å².